The van der Waals surface area contributed by atoms with Crippen LogP contribution in [0.25, 0.3) is 10.9 Å². The maximum atomic E-state index is 13.1. The highest BCUT2D eigenvalue weighted by atomic mass is 79.9. The molecule has 0 unspecified atom stereocenters. The van der Waals surface area contributed by atoms with Crippen molar-refractivity contribution in [3.63, 3.8) is 0 Å². The lowest BCUT2D eigenvalue weighted by Crippen LogP contribution is -2.16. The van der Waals surface area contributed by atoms with Crippen LogP contribution >= 0.6 is 26.6 Å². The van der Waals surface area contributed by atoms with Gasteiger partial charge in [-0.25, -0.2) is 20.8 Å². The predicted octanol–water partition coefficient (Wildman–Crippen LogP) is 3.58. The Kier molecular flexibility index (Phi) is 4.47. The molecule has 0 atom stereocenters. The molecule has 0 fully saturated rings. The molecular formula is C15H12BrClN2O4S2. The molecule has 3 aromatic rings. The number of halogens is 2. The summed E-state index contributed by atoms with van der Waals surface area (Å²) in [6.07, 6.45) is 1.31. The standard InChI is InChI=1S/C15H12BrClN2O4S2/c1-9-3-5-11(6-4-9)25(22,23)19-13-8-18-10(2)15(16)12(13)7-14(19)24(17,20)21/h3-8H,1-2H3. The van der Waals surface area contributed by atoms with Crippen molar-refractivity contribution in [3.8, 4) is 0 Å². The fourth-order valence-corrected chi connectivity index (χ4v) is 5.84. The molecule has 0 bridgehead atoms. The number of nitrogens with zero attached hydrogens (tertiary/aromatic N) is 2. The number of benzene rings is 1. The first-order valence-electron chi connectivity index (χ1n) is 6.97. The molecular weight excluding hydrogens is 452 g/mol. The van der Waals surface area contributed by atoms with Crippen molar-refractivity contribution >= 4 is 56.6 Å². The van der Waals surface area contributed by atoms with Gasteiger partial charge in [0.05, 0.1) is 22.3 Å². The molecule has 0 aliphatic carbocycles. The summed E-state index contributed by atoms with van der Waals surface area (Å²) in [5.74, 6) is 0. The van der Waals surface area contributed by atoms with Gasteiger partial charge in [0.1, 0.15) is 0 Å². The average Bonchev–Trinajstić information content (AvgIpc) is 2.92. The Bertz CT molecular complexity index is 1200. The Labute approximate surface area is 158 Å². The zero-order valence-electron chi connectivity index (χ0n) is 13.1. The molecule has 0 saturated carbocycles. The van der Waals surface area contributed by atoms with E-state index in [0.717, 1.165) is 5.56 Å². The smallest absolute Gasteiger partial charge is 0.258 e. The molecule has 0 spiro atoms. The Balaban J connectivity index is 2.46. The molecule has 0 aliphatic heterocycles. The zero-order chi connectivity index (χ0) is 18.6. The third-order valence-electron chi connectivity index (χ3n) is 3.71. The Hall–Kier alpha value is -1.42. The molecule has 2 heterocycles. The SMILES string of the molecule is Cc1ccc(S(=O)(=O)n2c(S(=O)(=O)Cl)cc3c(Br)c(C)ncc32)cc1. The number of pyridine rings is 1. The van der Waals surface area contributed by atoms with E-state index in [9.17, 15) is 16.8 Å². The van der Waals surface area contributed by atoms with E-state index < -0.39 is 24.1 Å². The third-order valence-corrected chi connectivity index (χ3v) is 7.84. The summed E-state index contributed by atoms with van der Waals surface area (Å²) >= 11 is 3.32. The minimum Gasteiger partial charge on any atom is -0.258 e. The van der Waals surface area contributed by atoms with Gasteiger partial charge in [-0.15, -0.1) is 0 Å². The van der Waals surface area contributed by atoms with E-state index in [2.05, 4.69) is 20.9 Å². The molecule has 0 N–H and O–H groups in total. The second-order valence-corrected chi connectivity index (χ2v) is 10.6. The van der Waals surface area contributed by atoms with Crippen LogP contribution in [0.15, 0.2) is 50.9 Å². The largest absolute Gasteiger partial charge is 0.277 e. The van der Waals surface area contributed by atoms with Crippen molar-refractivity contribution in [2.75, 3.05) is 0 Å². The van der Waals surface area contributed by atoms with Crippen LogP contribution in [0, 0.1) is 13.8 Å². The highest BCUT2D eigenvalue weighted by Gasteiger charge is 2.30. The number of hydrogen-bond donors (Lipinski definition) is 0. The summed E-state index contributed by atoms with van der Waals surface area (Å²) in [4.78, 5) is 4.07. The molecule has 0 amide bonds. The van der Waals surface area contributed by atoms with E-state index in [1.807, 2.05) is 6.92 Å². The predicted molar refractivity (Wildman–Crippen MR) is 99.0 cm³/mol. The molecule has 6 nitrogen and oxygen atoms in total. The van der Waals surface area contributed by atoms with Crippen LogP contribution in [0.2, 0.25) is 0 Å². The number of hydrogen-bond acceptors (Lipinski definition) is 5. The van der Waals surface area contributed by atoms with Crippen molar-refractivity contribution in [1.82, 2.24) is 8.96 Å². The fourth-order valence-electron chi connectivity index (χ4n) is 2.42. The molecule has 2 aromatic heterocycles. The minimum atomic E-state index is -4.32. The second kappa shape index (κ2) is 6.08. The Morgan fingerprint density at radius 1 is 1.08 bits per heavy atom. The molecule has 0 radical (unpaired) electrons. The van der Waals surface area contributed by atoms with Gasteiger partial charge in [0.25, 0.3) is 19.1 Å². The molecule has 1 aromatic carbocycles. The molecule has 3 rings (SSSR count). The van der Waals surface area contributed by atoms with Crippen molar-refractivity contribution in [3.05, 3.63) is 52.3 Å². The Morgan fingerprint density at radius 3 is 2.24 bits per heavy atom. The highest BCUT2D eigenvalue weighted by Crippen LogP contribution is 2.34. The topological polar surface area (TPSA) is 86.1 Å². The summed E-state index contributed by atoms with van der Waals surface area (Å²) in [5, 5.41) is -0.139. The van der Waals surface area contributed by atoms with Crippen molar-refractivity contribution in [2.45, 2.75) is 23.8 Å². The first-order valence-corrected chi connectivity index (χ1v) is 11.5. The third kappa shape index (κ3) is 3.10. The van der Waals surface area contributed by atoms with Gasteiger partial charge in [0, 0.05) is 20.5 Å². The van der Waals surface area contributed by atoms with Crippen LogP contribution in [0.1, 0.15) is 11.3 Å². The lowest BCUT2D eigenvalue weighted by atomic mass is 10.2. The van der Waals surface area contributed by atoms with Crippen molar-refractivity contribution in [1.29, 1.82) is 0 Å². The summed E-state index contributed by atoms with van der Waals surface area (Å²) in [5.41, 5.74) is 1.59. The number of fused-ring (bicyclic) bond motifs is 1. The minimum absolute atomic E-state index is 0.0473. The van der Waals surface area contributed by atoms with Gasteiger partial charge in [0.15, 0.2) is 5.03 Å². The monoisotopic (exact) mass is 462 g/mol. The molecule has 132 valence electrons. The zero-order valence-corrected chi connectivity index (χ0v) is 17.0. The normalized spacial score (nSPS) is 12.6. The average molecular weight is 464 g/mol. The molecule has 25 heavy (non-hydrogen) atoms. The van der Waals surface area contributed by atoms with Gasteiger partial charge in [0.2, 0.25) is 0 Å². The van der Waals surface area contributed by atoms with Gasteiger partial charge in [-0.05, 0) is 48.0 Å². The van der Waals surface area contributed by atoms with Gasteiger partial charge >= 0.3 is 0 Å². The quantitative estimate of drug-likeness (QED) is 0.554. The van der Waals surface area contributed by atoms with E-state index >= 15 is 0 Å². The summed E-state index contributed by atoms with van der Waals surface area (Å²) in [7, 11) is -3.01. The summed E-state index contributed by atoms with van der Waals surface area (Å²) in [6, 6.07) is 7.31. The van der Waals surface area contributed by atoms with Gasteiger partial charge in [-0.1, -0.05) is 17.7 Å². The van der Waals surface area contributed by atoms with Gasteiger partial charge in [-0.2, -0.15) is 0 Å². The second-order valence-electron chi connectivity index (χ2n) is 5.46. The van der Waals surface area contributed by atoms with E-state index in [-0.39, 0.29) is 10.4 Å². The first kappa shape index (κ1) is 18.4. The van der Waals surface area contributed by atoms with Crippen LogP contribution in [0.4, 0.5) is 0 Å². The van der Waals surface area contributed by atoms with Gasteiger partial charge < -0.3 is 0 Å². The number of rotatable bonds is 3. The summed E-state index contributed by atoms with van der Waals surface area (Å²) < 4.78 is 51.4. The maximum absolute atomic E-state index is 13.1. The Morgan fingerprint density at radius 2 is 1.68 bits per heavy atom. The van der Waals surface area contributed by atoms with E-state index in [0.29, 0.717) is 19.5 Å². The van der Waals surface area contributed by atoms with E-state index in [1.165, 1.54) is 24.4 Å². The highest BCUT2D eigenvalue weighted by molar-refractivity contribution is 9.10. The van der Waals surface area contributed by atoms with Crippen LogP contribution in [-0.4, -0.2) is 25.8 Å². The van der Waals surface area contributed by atoms with Crippen LogP contribution < -0.4 is 0 Å². The lowest BCUT2D eigenvalue weighted by Gasteiger charge is -2.11. The lowest BCUT2D eigenvalue weighted by molar-refractivity contribution is 0.578. The fraction of sp³-hybridized carbons (Fsp3) is 0.133. The van der Waals surface area contributed by atoms with Crippen molar-refractivity contribution < 1.29 is 16.8 Å². The van der Waals surface area contributed by atoms with E-state index in [4.69, 9.17) is 10.7 Å². The maximum Gasteiger partial charge on any atom is 0.277 e. The van der Waals surface area contributed by atoms with Crippen LogP contribution in [-0.2, 0) is 19.1 Å². The van der Waals surface area contributed by atoms with Crippen LogP contribution in [0.3, 0.4) is 0 Å². The number of aromatic nitrogens is 2. The van der Waals surface area contributed by atoms with Crippen LogP contribution in [0.5, 0.6) is 0 Å². The van der Waals surface area contributed by atoms with Gasteiger partial charge in [-0.3, -0.25) is 4.98 Å². The van der Waals surface area contributed by atoms with Crippen molar-refractivity contribution in [2.24, 2.45) is 0 Å². The van der Waals surface area contributed by atoms with E-state index in [1.54, 1.807) is 19.1 Å². The summed E-state index contributed by atoms with van der Waals surface area (Å²) in [6.45, 7) is 3.53. The molecule has 0 aliphatic rings. The molecule has 0 saturated heterocycles. The first-order chi connectivity index (χ1) is 11.5. The molecule has 10 heteroatoms. The number of aryl methyl sites for hydroxylation is 2.